The molecular formula is C38H27NS. The average molecular weight is 530 g/mol. The largest absolute Gasteiger partial charge is 0.309 e. The second-order valence-electron chi connectivity index (χ2n) is 10.7. The lowest BCUT2D eigenvalue weighted by molar-refractivity contribution is 1.17. The minimum absolute atomic E-state index is 0.883. The highest BCUT2D eigenvalue weighted by Crippen LogP contribution is 2.41. The van der Waals surface area contributed by atoms with Gasteiger partial charge in [0, 0.05) is 36.6 Å². The molecule has 0 spiro atoms. The van der Waals surface area contributed by atoms with E-state index in [9.17, 15) is 0 Å². The van der Waals surface area contributed by atoms with Gasteiger partial charge in [-0.25, -0.2) is 0 Å². The highest BCUT2D eigenvalue weighted by atomic mass is 32.1. The molecule has 0 aliphatic heterocycles. The molecule has 40 heavy (non-hydrogen) atoms. The molecule has 0 saturated carbocycles. The van der Waals surface area contributed by atoms with Crippen LogP contribution in [0.3, 0.4) is 0 Å². The van der Waals surface area contributed by atoms with Gasteiger partial charge in [0.15, 0.2) is 0 Å². The summed E-state index contributed by atoms with van der Waals surface area (Å²) in [5.41, 5.74) is 10.2. The Kier molecular flexibility index (Phi) is 5.36. The zero-order valence-electron chi connectivity index (χ0n) is 22.3. The van der Waals surface area contributed by atoms with Crippen LogP contribution in [0.25, 0.3) is 58.8 Å². The number of aromatic nitrogens is 1. The number of nitrogens with zero attached hydrogens (tertiary/aromatic N) is 1. The van der Waals surface area contributed by atoms with Gasteiger partial charge in [-0.1, -0.05) is 103 Å². The Morgan fingerprint density at radius 3 is 2.15 bits per heavy atom. The maximum Gasteiger partial charge on any atom is 0.0547 e. The van der Waals surface area contributed by atoms with Crippen molar-refractivity contribution in [2.45, 2.75) is 13.3 Å². The molecule has 1 nitrogen and oxygen atoms in total. The maximum atomic E-state index is 2.42. The first-order valence-electron chi connectivity index (χ1n) is 13.8. The van der Waals surface area contributed by atoms with Crippen LogP contribution >= 0.6 is 11.3 Å². The third-order valence-corrected chi connectivity index (χ3v) is 9.25. The highest BCUT2D eigenvalue weighted by Gasteiger charge is 2.19. The average Bonchev–Trinajstić information content (AvgIpc) is 3.53. The second kappa shape index (κ2) is 9.22. The number of benzene rings is 6. The number of hydrogen-bond acceptors (Lipinski definition) is 1. The molecule has 8 aromatic rings. The van der Waals surface area contributed by atoms with E-state index in [4.69, 9.17) is 0 Å². The van der Waals surface area contributed by atoms with Gasteiger partial charge in [-0.2, -0.15) is 0 Å². The third kappa shape index (κ3) is 3.68. The molecule has 0 aliphatic carbocycles. The first kappa shape index (κ1) is 23.2. The van der Waals surface area contributed by atoms with Gasteiger partial charge in [0.2, 0.25) is 0 Å². The number of para-hydroxylation sites is 1. The second-order valence-corrected chi connectivity index (χ2v) is 11.7. The van der Waals surface area contributed by atoms with Crippen molar-refractivity contribution in [2.75, 3.05) is 0 Å². The van der Waals surface area contributed by atoms with Gasteiger partial charge in [0.25, 0.3) is 0 Å². The van der Waals surface area contributed by atoms with Gasteiger partial charge < -0.3 is 4.57 Å². The summed E-state index contributed by atoms with van der Waals surface area (Å²) in [6, 6.07) is 49.1. The van der Waals surface area contributed by atoms with E-state index in [0.29, 0.717) is 0 Å². The van der Waals surface area contributed by atoms with Crippen LogP contribution in [0, 0.1) is 6.92 Å². The van der Waals surface area contributed by atoms with Gasteiger partial charge in [0.05, 0.1) is 11.0 Å². The summed E-state index contributed by atoms with van der Waals surface area (Å²) in [6.45, 7) is 2.14. The lowest BCUT2D eigenvalue weighted by Crippen LogP contribution is -1.96. The first-order valence-corrected chi connectivity index (χ1v) is 14.6. The standard InChI is InChI=1S/C38H27NS/c1-25-15-19-29(20-16-25)39-33-13-7-5-12-32(33)38-34(39)22-18-28(37(38)27-9-3-2-4-10-27)23-26-17-21-31-30-11-6-8-14-35(30)40-36(31)24-26/h2-22,24H,23H2,1H3. The fourth-order valence-corrected chi connectivity index (χ4v) is 7.43. The monoisotopic (exact) mass is 529 g/mol. The molecule has 0 N–H and O–H groups in total. The van der Waals surface area contributed by atoms with Crippen molar-refractivity contribution in [1.82, 2.24) is 4.57 Å². The number of fused-ring (bicyclic) bond motifs is 6. The Morgan fingerprint density at radius 2 is 1.30 bits per heavy atom. The Bertz CT molecular complexity index is 2180. The minimum atomic E-state index is 0.883. The quantitative estimate of drug-likeness (QED) is 0.214. The van der Waals surface area contributed by atoms with E-state index < -0.39 is 0 Å². The van der Waals surface area contributed by atoms with Gasteiger partial charge in [-0.3, -0.25) is 0 Å². The van der Waals surface area contributed by atoms with E-state index in [1.54, 1.807) is 0 Å². The number of hydrogen-bond donors (Lipinski definition) is 0. The fourth-order valence-electron chi connectivity index (χ4n) is 6.26. The summed E-state index contributed by atoms with van der Waals surface area (Å²) in [7, 11) is 0. The van der Waals surface area contributed by atoms with Crippen LogP contribution in [-0.4, -0.2) is 4.57 Å². The molecule has 0 amide bonds. The van der Waals surface area contributed by atoms with Crippen molar-refractivity contribution >= 4 is 53.3 Å². The molecular weight excluding hydrogens is 502 g/mol. The molecule has 2 heterocycles. The molecule has 0 bridgehead atoms. The minimum Gasteiger partial charge on any atom is -0.309 e. The molecule has 0 saturated heterocycles. The maximum absolute atomic E-state index is 2.42. The summed E-state index contributed by atoms with van der Waals surface area (Å²) in [4.78, 5) is 0. The van der Waals surface area contributed by atoms with Gasteiger partial charge in [-0.05, 0) is 72.0 Å². The molecule has 8 rings (SSSR count). The number of aryl methyl sites for hydroxylation is 1. The molecule has 0 aliphatic rings. The Morgan fingerprint density at radius 1 is 0.575 bits per heavy atom. The Balaban J connectivity index is 1.38. The van der Waals surface area contributed by atoms with Crippen molar-refractivity contribution in [3.05, 3.63) is 150 Å². The first-order chi connectivity index (χ1) is 19.7. The van der Waals surface area contributed by atoms with E-state index >= 15 is 0 Å². The number of thiophene rings is 1. The summed E-state index contributed by atoms with van der Waals surface area (Å²) in [6.07, 6.45) is 0.883. The van der Waals surface area contributed by atoms with Gasteiger partial charge >= 0.3 is 0 Å². The summed E-state index contributed by atoms with van der Waals surface area (Å²) in [5, 5.41) is 5.31. The van der Waals surface area contributed by atoms with Crippen molar-refractivity contribution in [3.63, 3.8) is 0 Å². The van der Waals surface area contributed by atoms with E-state index in [-0.39, 0.29) is 0 Å². The molecule has 190 valence electrons. The van der Waals surface area contributed by atoms with Crippen molar-refractivity contribution in [3.8, 4) is 16.8 Å². The summed E-state index contributed by atoms with van der Waals surface area (Å²) in [5.74, 6) is 0. The Hall–Kier alpha value is -4.66. The van der Waals surface area contributed by atoms with Crippen LogP contribution in [0.4, 0.5) is 0 Å². The SMILES string of the molecule is Cc1ccc(-n2c3ccccc3c3c(-c4ccccc4)c(Cc4ccc5c(c4)sc4ccccc45)ccc32)cc1. The van der Waals surface area contributed by atoms with Crippen LogP contribution < -0.4 is 0 Å². The molecule has 6 aromatic carbocycles. The van der Waals surface area contributed by atoms with Crippen LogP contribution in [0.5, 0.6) is 0 Å². The lowest BCUT2D eigenvalue weighted by Gasteiger charge is -2.14. The molecule has 0 atom stereocenters. The molecule has 0 unspecified atom stereocenters. The highest BCUT2D eigenvalue weighted by molar-refractivity contribution is 7.25. The molecule has 2 heteroatoms. The van der Waals surface area contributed by atoms with Gasteiger partial charge in [0.1, 0.15) is 0 Å². The lowest BCUT2D eigenvalue weighted by atomic mass is 9.91. The predicted octanol–water partition coefficient (Wildman–Crippen LogP) is 10.7. The van der Waals surface area contributed by atoms with E-state index in [0.717, 1.165) is 6.42 Å². The van der Waals surface area contributed by atoms with Crippen LogP contribution in [0.1, 0.15) is 16.7 Å². The smallest absolute Gasteiger partial charge is 0.0547 e. The Labute approximate surface area is 237 Å². The van der Waals surface area contributed by atoms with Crippen molar-refractivity contribution in [1.29, 1.82) is 0 Å². The predicted molar refractivity (Wildman–Crippen MR) is 173 cm³/mol. The van der Waals surface area contributed by atoms with Crippen LogP contribution in [0.15, 0.2) is 133 Å². The summed E-state index contributed by atoms with van der Waals surface area (Å²) < 4.78 is 5.13. The van der Waals surface area contributed by atoms with E-state index in [2.05, 4.69) is 145 Å². The molecule has 2 aromatic heterocycles. The van der Waals surface area contributed by atoms with E-state index in [1.165, 1.54) is 75.5 Å². The van der Waals surface area contributed by atoms with Crippen molar-refractivity contribution in [2.24, 2.45) is 0 Å². The van der Waals surface area contributed by atoms with Crippen LogP contribution in [0.2, 0.25) is 0 Å². The third-order valence-electron chi connectivity index (χ3n) is 8.12. The normalized spacial score (nSPS) is 11.7. The fraction of sp³-hybridized carbons (Fsp3) is 0.0526. The molecule has 0 radical (unpaired) electrons. The topological polar surface area (TPSA) is 4.93 Å². The van der Waals surface area contributed by atoms with Crippen LogP contribution in [-0.2, 0) is 6.42 Å². The summed E-state index contributed by atoms with van der Waals surface area (Å²) >= 11 is 1.89. The zero-order valence-corrected chi connectivity index (χ0v) is 23.1. The zero-order chi connectivity index (χ0) is 26.6. The van der Waals surface area contributed by atoms with Crippen molar-refractivity contribution < 1.29 is 0 Å². The molecule has 0 fully saturated rings. The van der Waals surface area contributed by atoms with E-state index in [1.807, 2.05) is 11.3 Å². The van der Waals surface area contributed by atoms with Gasteiger partial charge in [-0.15, -0.1) is 11.3 Å². The number of rotatable bonds is 4.